The fourth-order valence-corrected chi connectivity index (χ4v) is 0.334. The molecule has 11 heavy (non-hydrogen) atoms. The lowest BCUT2D eigenvalue weighted by Crippen LogP contribution is -2.17. The number of hydrogen-bond acceptors (Lipinski definition) is 2. The maximum Gasteiger partial charge on any atom is 0.331 e. The van der Waals surface area contributed by atoms with E-state index in [0.717, 1.165) is 0 Å². The molecule has 0 saturated carbocycles. The molecule has 0 aliphatic heterocycles. The lowest BCUT2D eigenvalue weighted by atomic mass is 10.0. The van der Waals surface area contributed by atoms with Gasteiger partial charge in [-0.3, -0.25) is 4.79 Å². The predicted molar refractivity (Wildman–Crippen MR) is 42.1 cm³/mol. The number of hydrogen-bond donors (Lipinski definition) is 2. The van der Waals surface area contributed by atoms with Gasteiger partial charge < -0.3 is 10.2 Å². The van der Waals surface area contributed by atoms with Crippen molar-refractivity contribution >= 4 is 35.0 Å². The molecule has 0 radical (unpaired) electrons. The summed E-state index contributed by atoms with van der Waals surface area (Å²) in [5.41, 5.74) is -0.299. The summed E-state index contributed by atoms with van der Waals surface area (Å²) in [6, 6.07) is 0. The second kappa shape index (κ2) is 5.14. The molecule has 60 valence electrons. The van der Waals surface area contributed by atoms with Crippen LogP contribution in [0.3, 0.4) is 0 Å². The van der Waals surface area contributed by atoms with Gasteiger partial charge in [-0.2, -0.15) is 0 Å². The smallest absolute Gasteiger partial charge is 0.331 e. The summed E-state index contributed by atoms with van der Waals surface area (Å²) >= 11 is 0. The second-order valence-corrected chi connectivity index (χ2v) is 1.89. The van der Waals surface area contributed by atoms with Crippen molar-refractivity contribution in [2.24, 2.45) is 5.92 Å². The molecule has 0 amide bonds. The standard InChI is InChI=1S/C6H8O4.Mg.2H/c1-3(5(7)8)4(2)6(9)10;;;/h4H,1H2,2H3,(H,7,8)(H,9,10);;;. The third kappa shape index (κ3) is 4.00. The van der Waals surface area contributed by atoms with E-state index in [2.05, 4.69) is 6.58 Å². The Morgan fingerprint density at radius 2 is 1.73 bits per heavy atom. The van der Waals surface area contributed by atoms with Gasteiger partial charge in [0.05, 0.1) is 5.92 Å². The maximum atomic E-state index is 10.1. The quantitative estimate of drug-likeness (QED) is 0.439. The molecule has 1 atom stereocenters. The van der Waals surface area contributed by atoms with Gasteiger partial charge in [-0.15, -0.1) is 0 Å². The number of carbonyl (C=O) groups is 2. The summed E-state index contributed by atoms with van der Waals surface area (Å²) in [6.07, 6.45) is 0. The highest BCUT2D eigenvalue weighted by atomic mass is 24.3. The Kier molecular flexibility index (Phi) is 6.11. The highest BCUT2D eigenvalue weighted by molar-refractivity contribution is 5.92. The molecule has 0 aromatic carbocycles. The van der Waals surface area contributed by atoms with E-state index in [1.165, 1.54) is 6.92 Å². The molecular weight excluding hydrogens is 160 g/mol. The average molecular weight is 170 g/mol. The van der Waals surface area contributed by atoms with Crippen LogP contribution in [0, 0.1) is 5.92 Å². The molecule has 0 aromatic heterocycles. The molecule has 0 aromatic rings. The first-order valence-electron chi connectivity index (χ1n) is 2.61. The van der Waals surface area contributed by atoms with E-state index < -0.39 is 17.9 Å². The molecule has 0 saturated heterocycles. The van der Waals surface area contributed by atoms with Crippen LogP contribution in [0.4, 0.5) is 0 Å². The van der Waals surface area contributed by atoms with Crippen molar-refractivity contribution < 1.29 is 19.8 Å². The summed E-state index contributed by atoms with van der Waals surface area (Å²) < 4.78 is 0. The monoisotopic (exact) mass is 170 g/mol. The molecule has 0 fully saturated rings. The Hall–Kier alpha value is -0.554. The van der Waals surface area contributed by atoms with Gasteiger partial charge in [0, 0.05) is 5.57 Å². The van der Waals surface area contributed by atoms with E-state index in [1.54, 1.807) is 0 Å². The van der Waals surface area contributed by atoms with Gasteiger partial charge in [0.1, 0.15) is 0 Å². The molecule has 4 nitrogen and oxygen atoms in total. The van der Waals surface area contributed by atoms with Crippen LogP contribution in [0.1, 0.15) is 6.92 Å². The van der Waals surface area contributed by atoms with Crippen molar-refractivity contribution in [2.75, 3.05) is 0 Å². The van der Waals surface area contributed by atoms with Gasteiger partial charge in [0.2, 0.25) is 0 Å². The summed E-state index contributed by atoms with van der Waals surface area (Å²) in [5.74, 6) is -3.46. The second-order valence-electron chi connectivity index (χ2n) is 1.89. The zero-order valence-corrected chi connectivity index (χ0v) is 5.50. The highest BCUT2D eigenvalue weighted by Crippen LogP contribution is 2.07. The predicted octanol–water partition coefficient (Wildman–Crippen LogP) is -0.568. The lowest BCUT2D eigenvalue weighted by Gasteiger charge is -2.03. The van der Waals surface area contributed by atoms with E-state index in [4.69, 9.17) is 10.2 Å². The van der Waals surface area contributed by atoms with Crippen molar-refractivity contribution in [1.29, 1.82) is 0 Å². The average Bonchev–Trinajstić information content (AvgIpc) is 1.84. The minimum absolute atomic E-state index is 0. The summed E-state index contributed by atoms with van der Waals surface area (Å²) in [4.78, 5) is 20.2. The maximum absolute atomic E-state index is 10.1. The van der Waals surface area contributed by atoms with Crippen LogP contribution in [0.15, 0.2) is 12.2 Å². The summed E-state index contributed by atoms with van der Waals surface area (Å²) in [6.45, 7) is 4.37. The van der Waals surface area contributed by atoms with Crippen LogP contribution in [0.5, 0.6) is 0 Å². The molecule has 0 aliphatic rings. The van der Waals surface area contributed by atoms with Crippen LogP contribution >= 0.6 is 0 Å². The minimum Gasteiger partial charge on any atom is -0.481 e. The van der Waals surface area contributed by atoms with E-state index in [1.807, 2.05) is 0 Å². The molecule has 0 rings (SSSR count). The highest BCUT2D eigenvalue weighted by Gasteiger charge is 2.19. The Morgan fingerprint density at radius 3 is 1.82 bits per heavy atom. The van der Waals surface area contributed by atoms with Crippen molar-refractivity contribution in [3.63, 3.8) is 0 Å². The minimum atomic E-state index is -1.27. The van der Waals surface area contributed by atoms with Crippen LogP contribution in [0.2, 0.25) is 0 Å². The van der Waals surface area contributed by atoms with E-state index in [-0.39, 0.29) is 28.6 Å². The first-order chi connectivity index (χ1) is 4.46. The number of aliphatic carboxylic acids is 2. The van der Waals surface area contributed by atoms with Gasteiger partial charge in [0.15, 0.2) is 0 Å². The van der Waals surface area contributed by atoms with Gasteiger partial charge in [0.25, 0.3) is 0 Å². The first kappa shape index (κ1) is 13.1. The van der Waals surface area contributed by atoms with Gasteiger partial charge in [-0.1, -0.05) is 6.58 Å². The summed E-state index contributed by atoms with van der Waals surface area (Å²) in [5, 5.41) is 16.5. The first-order valence-corrected chi connectivity index (χ1v) is 2.61. The van der Waals surface area contributed by atoms with E-state index in [9.17, 15) is 9.59 Å². The normalized spacial score (nSPS) is 11.0. The Balaban J connectivity index is 0. The van der Waals surface area contributed by atoms with Gasteiger partial charge in [-0.05, 0) is 6.92 Å². The zero-order valence-electron chi connectivity index (χ0n) is 5.50. The Labute approximate surface area is 80.1 Å². The fourth-order valence-electron chi connectivity index (χ4n) is 0.334. The lowest BCUT2D eigenvalue weighted by molar-refractivity contribution is -0.143. The molecule has 1 unspecified atom stereocenters. The molecular formula is C6H10MgO4. The molecule has 5 heteroatoms. The fraction of sp³-hybridized carbons (Fsp3) is 0.333. The van der Waals surface area contributed by atoms with Crippen molar-refractivity contribution in [2.45, 2.75) is 6.92 Å². The van der Waals surface area contributed by atoms with Gasteiger partial charge in [-0.25, -0.2) is 4.79 Å². The number of carboxylic acid groups (broad SMARTS) is 2. The largest absolute Gasteiger partial charge is 0.481 e. The number of rotatable bonds is 3. The topological polar surface area (TPSA) is 74.6 Å². The number of carboxylic acids is 2. The molecule has 0 spiro atoms. The van der Waals surface area contributed by atoms with Crippen molar-refractivity contribution in [3.05, 3.63) is 12.2 Å². The van der Waals surface area contributed by atoms with Crippen LogP contribution in [-0.2, 0) is 9.59 Å². The molecule has 0 bridgehead atoms. The molecule has 0 aliphatic carbocycles. The molecule has 2 N–H and O–H groups in total. The zero-order chi connectivity index (χ0) is 8.31. The van der Waals surface area contributed by atoms with Crippen LogP contribution in [-0.4, -0.2) is 45.2 Å². The summed E-state index contributed by atoms with van der Waals surface area (Å²) in [7, 11) is 0. The SMILES string of the molecule is C=C(C(=O)O)C(C)C(=O)O.[MgH2]. The Bertz CT molecular complexity index is 187. The van der Waals surface area contributed by atoms with Crippen LogP contribution in [0.25, 0.3) is 0 Å². The van der Waals surface area contributed by atoms with E-state index >= 15 is 0 Å². The van der Waals surface area contributed by atoms with E-state index in [0.29, 0.717) is 0 Å². The Morgan fingerprint density at radius 1 is 1.36 bits per heavy atom. The van der Waals surface area contributed by atoms with Gasteiger partial charge >= 0.3 is 35.0 Å². The van der Waals surface area contributed by atoms with Crippen molar-refractivity contribution in [1.82, 2.24) is 0 Å². The third-order valence-corrected chi connectivity index (χ3v) is 1.17. The van der Waals surface area contributed by atoms with Crippen molar-refractivity contribution in [3.8, 4) is 0 Å². The third-order valence-electron chi connectivity index (χ3n) is 1.17. The molecule has 0 heterocycles. The van der Waals surface area contributed by atoms with Crippen LogP contribution < -0.4 is 0 Å².